The smallest absolute Gasteiger partial charge is 0.321 e. The number of amides is 2. The second-order valence-electron chi connectivity index (χ2n) is 4.18. The van der Waals surface area contributed by atoms with Crippen LogP contribution in [0.1, 0.15) is 12.8 Å². The van der Waals surface area contributed by atoms with Crippen LogP contribution in [0.3, 0.4) is 0 Å². The Balaban J connectivity index is 1.96. The summed E-state index contributed by atoms with van der Waals surface area (Å²) in [5, 5.41) is 12.1. The van der Waals surface area contributed by atoms with E-state index in [1.807, 2.05) is 0 Å². The number of likely N-dealkylation sites (tertiary alicyclic amines) is 1. The van der Waals surface area contributed by atoms with E-state index < -0.39 is 6.10 Å². The molecule has 1 atom stereocenters. The third kappa shape index (κ3) is 3.17. The molecule has 4 nitrogen and oxygen atoms in total. The molecule has 0 saturated carbocycles. The standard InChI is InChI=1S/C12H15FN2O2/c13-9-3-1-4-10(7-9)14-12(17)15-6-2-5-11(16)8-15/h1,3-4,7,11,16H,2,5-6,8H2,(H,14,17)/t11-/m0/s1. The van der Waals surface area contributed by atoms with Crippen LogP contribution >= 0.6 is 0 Å². The summed E-state index contributed by atoms with van der Waals surface area (Å²) in [6.45, 7) is 0.958. The number of aliphatic hydroxyl groups is 1. The molecule has 2 rings (SSSR count). The van der Waals surface area contributed by atoms with Crippen LogP contribution in [0.4, 0.5) is 14.9 Å². The fourth-order valence-corrected chi connectivity index (χ4v) is 1.91. The Morgan fingerprint density at radius 2 is 2.35 bits per heavy atom. The summed E-state index contributed by atoms with van der Waals surface area (Å²) in [7, 11) is 0. The number of halogens is 1. The van der Waals surface area contributed by atoms with Crippen molar-refractivity contribution in [1.29, 1.82) is 0 Å². The molecule has 0 unspecified atom stereocenters. The Kier molecular flexibility index (Phi) is 3.58. The van der Waals surface area contributed by atoms with Crippen LogP contribution in [0.25, 0.3) is 0 Å². The highest BCUT2D eigenvalue weighted by atomic mass is 19.1. The number of benzene rings is 1. The first-order chi connectivity index (χ1) is 8.15. The summed E-state index contributed by atoms with van der Waals surface area (Å²) < 4.78 is 12.9. The van der Waals surface area contributed by atoms with Crippen LogP contribution in [0.2, 0.25) is 0 Å². The zero-order valence-electron chi connectivity index (χ0n) is 9.40. The maximum absolute atomic E-state index is 12.9. The molecule has 1 aliphatic heterocycles. The van der Waals surface area contributed by atoms with Crippen molar-refractivity contribution < 1.29 is 14.3 Å². The Bertz CT molecular complexity index is 411. The largest absolute Gasteiger partial charge is 0.391 e. The Morgan fingerprint density at radius 3 is 3.06 bits per heavy atom. The van der Waals surface area contributed by atoms with E-state index in [9.17, 15) is 14.3 Å². The van der Waals surface area contributed by atoms with Crippen LogP contribution < -0.4 is 5.32 Å². The minimum Gasteiger partial charge on any atom is -0.391 e. The van der Waals surface area contributed by atoms with Crippen molar-refractivity contribution in [2.24, 2.45) is 0 Å². The molecule has 1 aromatic rings. The van der Waals surface area contributed by atoms with Crippen LogP contribution in [0.5, 0.6) is 0 Å². The van der Waals surface area contributed by atoms with Gasteiger partial charge in [-0.3, -0.25) is 0 Å². The summed E-state index contributed by atoms with van der Waals surface area (Å²) >= 11 is 0. The minimum absolute atomic E-state index is 0.297. The molecule has 1 fully saturated rings. The summed E-state index contributed by atoms with van der Waals surface area (Å²) in [6.07, 6.45) is 1.06. The van der Waals surface area contributed by atoms with E-state index in [4.69, 9.17) is 0 Å². The van der Waals surface area contributed by atoms with Crippen molar-refractivity contribution in [2.45, 2.75) is 18.9 Å². The highest BCUT2D eigenvalue weighted by Gasteiger charge is 2.21. The predicted octanol–water partition coefficient (Wildman–Crippen LogP) is 1.81. The molecule has 0 aliphatic carbocycles. The average Bonchev–Trinajstić information content (AvgIpc) is 2.29. The van der Waals surface area contributed by atoms with E-state index in [0.29, 0.717) is 18.8 Å². The average molecular weight is 238 g/mol. The molecule has 0 bridgehead atoms. The van der Waals surface area contributed by atoms with Crippen LogP contribution in [0, 0.1) is 5.82 Å². The third-order valence-corrected chi connectivity index (χ3v) is 2.76. The van der Waals surface area contributed by atoms with Crippen LogP contribution in [0.15, 0.2) is 24.3 Å². The van der Waals surface area contributed by atoms with Crippen LogP contribution in [-0.2, 0) is 0 Å². The number of hydrogen-bond donors (Lipinski definition) is 2. The third-order valence-electron chi connectivity index (χ3n) is 2.76. The number of rotatable bonds is 1. The van der Waals surface area contributed by atoms with Gasteiger partial charge in [0.05, 0.1) is 6.10 Å². The van der Waals surface area contributed by atoms with E-state index in [2.05, 4.69) is 5.32 Å². The summed E-state index contributed by atoms with van der Waals surface area (Å²) in [4.78, 5) is 13.3. The predicted molar refractivity (Wildman–Crippen MR) is 62.2 cm³/mol. The maximum atomic E-state index is 12.9. The van der Waals surface area contributed by atoms with E-state index in [1.165, 1.54) is 18.2 Å². The lowest BCUT2D eigenvalue weighted by Crippen LogP contribution is -2.44. The number of aliphatic hydroxyl groups excluding tert-OH is 1. The van der Waals surface area contributed by atoms with Gasteiger partial charge < -0.3 is 15.3 Å². The van der Waals surface area contributed by atoms with Crippen molar-refractivity contribution in [3.8, 4) is 0 Å². The zero-order valence-corrected chi connectivity index (χ0v) is 9.40. The Labute approximate surface area is 99.0 Å². The van der Waals surface area contributed by atoms with Gasteiger partial charge >= 0.3 is 6.03 Å². The number of urea groups is 1. The second-order valence-corrected chi connectivity index (χ2v) is 4.18. The highest BCUT2D eigenvalue weighted by Crippen LogP contribution is 2.13. The normalized spacial score (nSPS) is 20.1. The van der Waals surface area contributed by atoms with E-state index in [-0.39, 0.29) is 11.8 Å². The number of hydrogen-bond acceptors (Lipinski definition) is 2. The molecule has 0 radical (unpaired) electrons. The fraction of sp³-hybridized carbons (Fsp3) is 0.417. The van der Waals surface area contributed by atoms with Crippen molar-refractivity contribution in [3.05, 3.63) is 30.1 Å². The fourth-order valence-electron chi connectivity index (χ4n) is 1.91. The molecule has 0 aromatic heterocycles. The molecule has 1 aliphatic rings. The number of carbonyl (C=O) groups excluding carboxylic acids is 1. The first-order valence-corrected chi connectivity index (χ1v) is 5.65. The number of nitrogens with zero attached hydrogens (tertiary/aromatic N) is 1. The summed E-state index contributed by atoms with van der Waals surface area (Å²) in [5.41, 5.74) is 0.426. The van der Waals surface area contributed by atoms with Gasteiger partial charge in [-0.2, -0.15) is 0 Å². The molecule has 1 aromatic carbocycles. The quantitative estimate of drug-likeness (QED) is 0.784. The molecule has 0 spiro atoms. The van der Waals surface area contributed by atoms with Crippen LogP contribution in [-0.4, -0.2) is 35.2 Å². The molecular weight excluding hydrogens is 223 g/mol. The van der Waals surface area contributed by atoms with Gasteiger partial charge in [0.1, 0.15) is 5.82 Å². The maximum Gasteiger partial charge on any atom is 0.321 e. The Morgan fingerprint density at radius 1 is 1.53 bits per heavy atom. The molecule has 17 heavy (non-hydrogen) atoms. The van der Waals surface area contributed by atoms with Gasteiger partial charge in [0.15, 0.2) is 0 Å². The molecule has 1 heterocycles. The number of anilines is 1. The SMILES string of the molecule is O=C(Nc1cccc(F)c1)N1CCC[C@H](O)C1. The van der Waals surface area contributed by atoms with E-state index >= 15 is 0 Å². The van der Waals surface area contributed by atoms with E-state index in [1.54, 1.807) is 11.0 Å². The lowest BCUT2D eigenvalue weighted by molar-refractivity contribution is 0.0883. The Hall–Kier alpha value is -1.62. The molecular formula is C12H15FN2O2. The van der Waals surface area contributed by atoms with Gasteiger partial charge in [0.25, 0.3) is 0 Å². The monoisotopic (exact) mass is 238 g/mol. The molecule has 5 heteroatoms. The number of nitrogens with one attached hydrogen (secondary N) is 1. The van der Waals surface area contributed by atoms with E-state index in [0.717, 1.165) is 12.8 Å². The number of β-amino-alcohol motifs (C(OH)–C–C–N with tert-alkyl or cyclic N) is 1. The van der Waals surface area contributed by atoms with Gasteiger partial charge in [-0.1, -0.05) is 6.07 Å². The zero-order chi connectivity index (χ0) is 12.3. The topological polar surface area (TPSA) is 52.6 Å². The van der Waals surface area contributed by atoms with Crippen molar-refractivity contribution in [1.82, 2.24) is 4.90 Å². The minimum atomic E-state index is -0.456. The first kappa shape index (κ1) is 11.9. The van der Waals surface area contributed by atoms with Gasteiger partial charge in [-0.25, -0.2) is 9.18 Å². The molecule has 1 saturated heterocycles. The second kappa shape index (κ2) is 5.14. The van der Waals surface area contributed by atoms with Gasteiger partial charge in [-0.05, 0) is 31.0 Å². The van der Waals surface area contributed by atoms with Crippen molar-refractivity contribution in [2.75, 3.05) is 18.4 Å². The number of piperidine rings is 1. The van der Waals surface area contributed by atoms with Crippen molar-refractivity contribution >= 4 is 11.7 Å². The molecule has 2 amide bonds. The van der Waals surface area contributed by atoms with Gasteiger partial charge in [0.2, 0.25) is 0 Å². The molecule has 92 valence electrons. The highest BCUT2D eigenvalue weighted by molar-refractivity contribution is 5.89. The summed E-state index contributed by atoms with van der Waals surface area (Å²) in [6, 6.07) is 5.45. The van der Waals surface area contributed by atoms with Crippen molar-refractivity contribution in [3.63, 3.8) is 0 Å². The molecule has 2 N–H and O–H groups in total. The van der Waals surface area contributed by atoms with Gasteiger partial charge in [0, 0.05) is 18.8 Å². The van der Waals surface area contributed by atoms with Gasteiger partial charge in [-0.15, -0.1) is 0 Å². The number of carbonyl (C=O) groups is 1. The summed E-state index contributed by atoms with van der Waals surface area (Å²) in [5.74, 6) is -0.388. The lowest BCUT2D eigenvalue weighted by atomic mass is 10.1. The first-order valence-electron chi connectivity index (χ1n) is 5.65. The lowest BCUT2D eigenvalue weighted by Gasteiger charge is -2.30.